The van der Waals surface area contributed by atoms with E-state index in [0.717, 1.165) is 0 Å². The topological polar surface area (TPSA) is 17.1 Å². The maximum atomic E-state index is 9.31. The Kier molecular flexibility index (Phi) is 10.8. The molecule has 0 aliphatic carbocycles. The summed E-state index contributed by atoms with van der Waals surface area (Å²) in [5.41, 5.74) is 0. The van der Waals surface area contributed by atoms with E-state index in [4.69, 9.17) is 0 Å². The van der Waals surface area contributed by atoms with Gasteiger partial charge in [0.05, 0.1) is 3.32 Å². The first-order chi connectivity index (χ1) is 2.27. The van der Waals surface area contributed by atoms with Crippen molar-refractivity contribution in [2.45, 2.75) is 0 Å². The molecule has 0 saturated heterocycles. The van der Waals surface area contributed by atoms with E-state index in [1.807, 2.05) is 22.6 Å². The van der Waals surface area contributed by atoms with Gasteiger partial charge in [0.15, 0.2) is 0 Å². The minimum Gasteiger partial charge on any atom is -0.232 e. The number of carbonyl (C=O) groups excluding carboxylic acids is 1. The normalized spacial score (nSPS) is 5.00. The first kappa shape index (κ1) is 10.3. The molecule has 0 fully saturated rings. The van der Waals surface area contributed by atoms with Crippen LogP contribution in [0.2, 0.25) is 0 Å². The Morgan fingerprint density at radius 3 is 2.00 bits per heavy atom. The van der Waals surface area contributed by atoms with Gasteiger partial charge >= 0.3 is 0 Å². The van der Waals surface area contributed by atoms with Crippen LogP contribution in [0.3, 0.4) is 0 Å². The van der Waals surface area contributed by atoms with Crippen molar-refractivity contribution in [1.82, 2.24) is 0 Å². The van der Waals surface area contributed by atoms with E-state index in [-0.39, 0.29) is 21.1 Å². The summed E-state index contributed by atoms with van der Waals surface area (Å²) >= 11 is 1.86. The van der Waals surface area contributed by atoms with Gasteiger partial charge in [0.2, 0.25) is 0 Å². The second kappa shape index (κ2) is 6.30. The molecule has 0 bridgehead atoms. The van der Waals surface area contributed by atoms with Crippen LogP contribution in [0.15, 0.2) is 3.32 Å². The van der Waals surface area contributed by atoms with E-state index in [0.29, 0.717) is 3.32 Å². The third-order valence-electron chi connectivity index (χ3n) is 0.0975. The molecule has 1 atom stereocenters. The molecular formula is C2H2IOPPt. The van der Waals surface area contributed by atoms with Crippen LogP contribution in [0.5, 0.6) is 0 Å². The van der Waals surface area contributed by atoms with Crippen LogP contribution in [-0.2, 0) is 25.9 Å². The van der Waals surface area contributed by atoms with Crippen LogP contribution < -0.4 is 0 Å². The summed E-state index contributed by atoms with van der Waals surface area (Å²) in [4.78, 5) is 9.31. The second-order valence-corrected chi connectivity index (χ2v) is 3.36. The van der Waals surface area contributed by atoms with Crippen LogP contribution in [0.25, 0.3) is 0 Å². The Labute approximate surface area is 66.6 Å². The molecule has 1 unspecified atom stereocenters. The van der Waals surface area contributed by atoms with Gasteiger partial charge in [0, 0.05) is 21.1 Å². The standard InChI is InChI=1S/C2H2IOP.Pt/c3-2(5)1-4;/h5H2;. The van der Waals surface area contributed by atoms with Crippen molar-refractivity contribution in [3.63, 3.8) is 0 Å². The summed E-state index contributed by atoms with van der Waals surface area (Å²) in [7, 11) is 2.21. The van der Waals surface area contributed by atoms with Crippen molar-refractivity contribution in [3.8, 4) is 0 Å². The van der Waals surface area contributed by atoms with E-state index >= 15 is 0 Å². The Bertz CT molecular complexity index is 73.6. The van der Waals surface area contributed by atoms with E-state index in [1.54, 1.807) is 5.94 Å². The van der Waals surface area contributed by atoms with E-state index in [1.165, 1.54) is 0 Å². The third kappa shape index (κ3) is 9.00. The Morgan fingerprint density at radius 2 is 2.00 bits per heavy atom. The number of hydrogen-bond acceptors (Lipinski definition) is 1. The first-order valence-corrected chi connectivity index (χ1v) is 2.59. The number of hydrogen-bond donors (Lipinski definition) is 0. The molecule has 38 valence electrons. The summed E-state index contributed by atoms with van der Waals surface area (Å²) in [6, 6.07) is 0. The van der Waals surface area contributed by atoms with Crippen molar-refractivity contribution >= 4 is 37.8 Å². The SMILES string of the molecule is O=C=C(P)I.[Pt]. The van der Waals surface area contributed by atoms with Gasteiger partial charge < -0.3 is 0 Å². The predicted molar refractivity (Wildman–Crippen MR) is 32.9 cm³/mol. The second-order valence-electron chi connectivity index (χ2n) is 0.450. The molecular weight excluding hydrogens is 393 g/mol. The zero-order chi connectivity index (χ0) is 4.28. The molecule has 0 aliphatic rings. The molecule has 0 N–H and O–H groups in total. The predicted octanol–water partition coefficient (Wildman–Crippen LogP) is 0.967. The van der Waals surface area contributed by atoms with Crippen molar-refractivity contribution in [2.75, 3.05) is 0 Å². The zero-order valence-electron chi connectivity index (χ0n) is 2.68. The summed E-state index contributed by atoms with van der Waals surface area (Å²) in [5, 5.41) is 0. The van der Waals surface area contributed by atoms with Gasteiger partial charge in [-0.1, -0.05) is 9.24 Å². The minimum absolute atomic E-state index is 0. The van der Waals surface area contributed by atoms with E-state index < -0.39 is 0 Å². The smallest absolute Gasteiger partial charge is 0.138 e. The van der Waals surface area contributed by atoms with Crippen molar-refractivity contribution in [1.29, 1.82) is 0 Å². The molecule has 0 radical (unpaired) electrons. The maximum Gasteiger partial charge on any atom is 0.138 e. The van der Waals surface area contributed by atoms with Gasteiger partial charge in [0.1, 0.15) is 5.94 Å². The molecule has 0 rings (SSSR count). The van der Waals surface area contributed by atoms with Crippen molar-refractivity contribution in [2.24, 2.45) is 0 Å². The van der Waals surface area contributed by atoms with E-state index in [2.05, 4.69) is 9.24 Å². The summed E-state index contributed by atoms with van der Waals surface area (Å²) in [6.45, 7) is 0. The molecule has 4 heteroatoms. The Morgan fingerprint density at radius 1 is 1.83 bits per heavy atom. The van der Waals surface area contributed by atoms with Crippen LogP contribution in [-0.4, -0.2) is 5.94 Å². The molecule has 0 aromatic carbocycles. The summed E-state index contributed by atoms with van der Waals surface area (Å²) in [5.74, 6) is 1.64. The fourth-order valence-corrected chi connectivity index (χ4v) is 0. The molecule has 0 aromatic heterocycles. The van der Waals surface area contributed by atoms with Gasteiger partial charge in [-0.05, 0) is 22.6 Å². The van der Waals surface area contributed by atoms with Crippen LogP contribution >= 0.6 is 31.8 Å². The van der Waals surface area contributed by atoms with Crippen molar-refractivity contribution in [3.05, 3.63) is 3.32 Å². The minimum atomic E-state index is 0. The largest absolute Gasteiger partial charge is 0.232 e. The third-order valence-corrected chi connectivity index (χ3v) is 0.436. The molecule has 1 nitrogen and oxygen atoms in total. The van der Waals surface area contributed by atoms with E-state index in [9.17, 15) is 4.79 Å². The van der Waals surface area contributed by atoms with Gasteiger partial charge in [0.25, 0.3) is 0 Å². The molecule has 6 heavy (non-hydrogen) atoms. The monoisotopic (exact) mass is 395 g/mol. The average Bonchev–Trinajstić information content (AvgIpc) is 1.38. The van der Waals surface area contributed by atoms with Gasteiger partial charge in [-0.3, -0.25) is 0 Å². The van der Waals surface area contributed by atoms with Gasteiger partial charge in [-0.25, -0.2) is 4.79 Å². The van der Waals surface area contributed by atoms with Crippen molar-refractivity contribution < 1.29 is 25.9 Å². The molecule has 0 amide bonds. The molecule has 0 spiro atoms. The molecule has 0 aliphatic heterocycles. The number of halogens is 1. The van der Waals surface area contributed by atoms with Crippen LogP contribution in [0.4, 0.5) is 0 Å². The molecule has 0 saturated carbocycles. The van der Waals surface area contributed by atoms with Crippen LogP contribution in [0.1, 0.15) is 0 Å². The maximum absolute atomic E-state index is 9.31. The zero-order valence-corrected chi connectivity index (χ0v) is 8.26. The van der Waals surface area contributed by atoms with Gasteiger partial charge in [-0.2, -0.15) is 0 Å². The summed E-state index contributed by atoms with van der Waals surface area (Å²) in [6.07, 6.45) is 0. The fourth-order valence-electron chi connectivity index (χ4n) is 0. The quantitative estimate of drug-likeness (QED) is 0.340. The fraction of sp³-hybridized carbons (Fsp3) is 0. The Balaban J connectivity index is 0. The number of rotatable bonds is 0. The van der Waals surface area contributed by atoms with Gasteiger partial charge in [-0.15, -0.1) is 0 Å². The first-order valence-electron chi connectivity index (χ1n) is 0.932. The Hall–Kier alpha value is 1.30. The molecule has 0 heterocycles. The average molecular weight is 395 g/mol. The summed E-state index contributed by atoms with van der Waals surface area (Å²) < 4.78 is 0.586. The van der Waals surface area contributed by atoms with Crippen LogP contribution in [0, 0.1) is 0 Å². The molecule has 0 aromatic rings.